The van der Waals surface area contributed by atoms with Crippen LogP contribution in [0.2, 0.25) is 0 Å². The number of thiazole rings is 1. The van der Waals surface area contributed by atoms with Gasteiger partial charge >= 0.3 is 6.18 Å². The van der Waals surface area contributed by atoms with Gasteiger partial charge in [0.25, 0.3) is 10.0 Å². The number of nitrogens with zero attached hydrogens (tertiary/aromatic N) is 2. The molecule has 1 aromatic heterocycles. The van der Waals surface area contributed by atoms with Gasteiger partial charge in [-0.3, -0.25) is 4.90 Å². The maximum atomic E-state index is 13.2. The van der Waals surface area contributed by atoms with Crippen molar-refractivity contribution >= 4 is 33.8 Å². The Kier molecular flexibility index (Phi) is 7.23. The maximum Gasteiger partial charge on any atom is 0.405 e. The molecule has 1 unspecified atom stereocenters. The fourth-order valence-electron chi connectivity index (χ4n) is 2.17. The highest BCUT2D eigenvalue weighted by Gasteiger charge is 2.44. The Hall–Kier alpha value is -0.460. The molecule has 1 aliphatic rings. The Morgan fingerprint density at radius 1 is 1.43 bits per heavy atom. The molecule has 12 heteroatoms. The van der Waals surface area contributed by atoms with Crippen LogP contribution >= 0.6 is 23.7 Å². The first-order valence-corrected chi connectivity index (χ1v) is 8.94. The molecule has 0 radical (unpaired) electrons. The number of rotatable bonds is 5. The van der Waals surface area contributed by atoms with Gasteiger partial charge in [-0.1, -0.05) is 0 Å². The second-order valence-electron chi connectivity index (χ2n) is 4.89. The smallest absolute Gasteiger partial charge is 0.314 e. The molecule has 0 amide bonds. The van der Waals surface area contributed by atoms with Crippen molar-refractivity contribution in [2.75, 3.05) is 32.7 Å². The summed E-state index contributed by atoms with van der Waals surface area (Å²) in [6.45, 7) is 2.28. The van der Waals surface area contributed by atoms with Crippen LogP contribution in [0, 0.1) is 6.92 Å². The first kappa shape index (κ1) is 20.6. The lowest BCUT2D eigenvalue weighted by Gasteiger charge is -2.35. The largest absolute Gasteiger partial charge is 0.405 e. The van der Waals surface area contributed by atoms with Gasteiger partial charge in [0.1, 0.15) is 6.04 Å². The second kappa shape index (κ2) is 8.08. The number of sulfonamides is 1. The summed E-state index contributed by atoms with van der Waals surface area (Å²) < 4.78 is 65.6. The number of hydrogen-bond donors (Lipinski definition) is 2. The van der Waals surface area contributed by atoms with Gasteiger partial charge in [0.15, 0.2) is 4.21 Å². The van der Waals surface area contributed by atoms with Gasteiger partial charge in [-0.15, -0.1) is 23.7 Å². The summed E-state index contributed by atoms with van der Waals surface area (Å²) in [5.74, 6) is 0. The van der Waals surface area contributed by atoms with Gasteiger partial charge in [-0.2, -0.15) is 13.2 Å². The number of piperazine rings is 1. The molecule has 1 saturated heterocycles. The molecule has 1 aromatic rings. The van der Waals surface area contributed by atoms with Crippen molar-refractivity contribution in [2.45, 2.75) is 23.4 Å². The lowest BCUT2D eigenvalue weighted by Crippen LogP contribution is -2.57. The molecule has 1 aliphatic heterocycles. The van der Waals surface area contributed by atoms with Gasteiger partial charge in [-0.05, 0) is 6.92 Å². The van der Waals surface area contributed by atoms with E-state index in [0.29, 0.717) is 18.1 Å². The molecule has 134 valence electrons. The third-order valence-electron chi connectivity index (χ3n) is 3.30. The SMILES string of the molecule is Cc1ncc(S(=O)(=O)NCC(N2CCNCC2)C(F)(F)F)s1.Cl. The quantitative estimate of drug-likeness (QED) is 0.779. The number of aromatic nitrogens is 1. The number of aryl methyl sites for hydroxylation is 1. The number of alkyl halides is 3. The molecule has 0 aliphatic carbocycles. The number of nitrogens with one attached hydrogen (secondary N) is 2. The van der Waals surface area contributed by atoms with Crippen LogP contribution in [-0.2, 0) is 10.0 Å². The molecule has 1 fully saturated rings. The summed E-state index contributed by atoms with van der Waals surface area (Å²) in [5, 5.41) is 3.50. The van der Waals surface area contributed by atoms with Crippen LogP contribution < -0.4 is 10.0 Å². The van der Waals surface area contributed by atoms with E-state index in [1.54, 1.807) is 6.92 Å². The minimum Gasteiger partial charge on any atom is -0.314 e. The molecular formula is C11H18ClF3N4O2S2. The van der Waals surface area contributed by atoms with Gasteiger partial charge in [0.05, 0.1) is 11.2 Å². The monoisotopic (exact) mass is 394 g/mol. The predicted molar refractivity (Wildman–Crippen MR) is 83.6 cm³/mol. The van der Waals surface area contributed by atoms with E-state index in [4.69, 9.17) is 0 Å². The van der Waals surface area contributed by atoms with Gasteiger partial charge in [0.2, 0.25) is 0 Å². The van der Waals surface area contributed by atoms with Crippen LogP contribution in [-0.4, -0.2) is 63.2 Å². The molecule has 6 nitrogen and oxygen atoms in total. The molecule has 0 saturated carbocycles. The molecule has 2 rings (SSSR count). The fourth-order valence-corrected chi connectivity index (χ4v) is 4.36. The summed E-state index contributed by atoms with van der Waals surface area (Å²) in [7, 11) is -3.97. The average Bonchev–Trinajstić information content (AvgIpc) is 2.86. The van der Waals surface area contributed by atoms with Crippen molar-refractivity contribution in [1.29, 1.82) is 0 Å². The zero-order valence-corrected chi connectivity index (χ0v) is 14.7. The molecule has 2 N–H and O–H groups in total. The maximum absolute atomic E-state index is 13.2. The fraction of sp³-hybridized carbons (Fsp3) is 0.727. The van der Waals surface area contributed by atoms with Gasteiger partial charge in [-0.25, -0.2) is 18.1 Å². The third kappa shape index (κ3) is 5.54. The van der Waals surface area contributed by atoms with Crippen LogP contribution in [0.4, 0.5) is 13.2 Å². The van der Waals surface area contributed by atoms with E-state index in [0.717, 1.165) is 17.5 Å². The van der Waals surface area contributed by atoms with Crippen molar-refractivity contribution in [3.8, 4) is 0 Å². The van der Waals surface area contributed by atoms with Gasteiger partial charge in [0, 0.05) is 32.7 Å². The minimum atomic E-state index is -4.50. The molecule has 23 heavy (non-hydrogen) atoms. The zero-order valence-electron chi connectivity index (χ0n) is 12.3. The Morgan fingerprint density at radius 3 is 2.52 bits per heavy atom. The molecule has 2 heterocycles. The highest BCUT2D eigenvalue weighted by atomic mass is 35.5. The van der Waals surface area contributed by atoms with Crippen molar-refractivity contribution in [3.05, 3.63) is 11.2 Å². The Labute approximate surface area is 142 Å². The summed E-state index contributed by atoms with van der Waals surface area (Å²) in [4.78, 5) is 5.05. The van der Waals surface area contributed by atoms with E-state index in [2.05, 4.69) is 15.0 Å². The van der Waals surface area contributed by atoms with Crippen molar-refractivity contribution < 1.29 is 21.6 Å². The molecular weight excluding hydrogens is 377 g/mol. The molecule has 0 aromatic carbocycles. The van der Waals surface area contributed by atoms with Crippen molar-refractivity contribution in [1.82, 2.24) is 19.9 Å². The van der Waals surface area contributed by atoms with Crippen LogP contribution in [0.3, 0.4) is 0 Å². The first-order valence-electron chi connectivity index (χ1n) is 6.64. The van der Waals surface area contributed by atoms with Crippen LogP contribution in [0.5, 0.6) is 0 Å². The second-order valence-corrected chi connectivity index (χ2v) is 8.12. The minimum absolute atomic E-state index is 0. The van der Waals surface area contributed by atoms with Crippen LogP contribution in [0.15, 0.2) is 10.4 Å². The van der Waals surface area contributed by atoms with Crippen LogP contribution in [0.25, 0.3) is 0 Å². The predicted octanol–water partition coefficient (Wildman–Crippen LogP) is 0.988. The standard InChI is InChI=1S/C11H17F3N4O2S2.ClH/c1-8-16-7-10(21-8)22(19,20)17-6-9(11(12,13)14)18-4-2-15-3-5-18;/h7,9,15,17H,2-6H2,1H3;1H. The van der Waals surface area contributed by atoms with E-state index in [1.165, 1.54) is 4.90 Å². The molecule has 1 atom stereocenters. The topological polar surface area (TPSA) is 74.3 Å². The highest BCUT2D eigenvalue weighted by Crippen LogP contribution is 2.25. The lowest BCUT2D eigenvalue weighted by molar-refractivity contribution is -0.182. The Balaban J connectivity index is 0.00000264. The summed E-state index contributed by atoms with van der Waals surface area (Å²) >= 11 is 0.923. The molecule has 0 bridgehead atoms. The van der Waals surface area contributed by atoms with Crippen molar-refractivity contribution in [3.63, 3.8) is 0 Å². The van der Waals surface area contributed by atoms with E-state index < -0.39 is 28.8 Å². The summed E-state index contributed by atoms with van der Waals surface area (Å²) in [6.07, 6.45) is -3.35. The van der Waals surface area contributed by atoms with E-state index in [1.807, 2.05) is 0 Å². The normalized spacial score (nSPS) is 18.4. The van der Waals surface area contributed by atoms with Crippen LogP contribution in [0.1, 0.15) is 5.01 Å². The first-order chi connectivity index (χ1) is 10.2. The summed E-state index contributed by atoms with van der Waals surface area (Å²) in [6, 6.07) is -1.83. The third-order valence-corrected chi connectivity index (χ3v) is 6.10. The van der Waals surface area contributed by atoms with E-state index in [-0.39, 0.29) is 29.7 Å². The molecule has 0 spiro atoms. The number of halogens is 4. The number of hydrogen-bond acceptors (Lipinski definition) is 6. The zero-order chi connectivity index (χ0) is 16.4. The Morgan fingerprint density at radius 2 is 2.04 bits per heavy atom. The summed E-state index contributed by atoms with van der Waals surface area (Å²) in [5.41, 5.74) is 0. The average molecular weight is 395 g/mol. The Bertz CT molecular complexity index is 603. The van der Waals surface area contributed by atoms with Gasteiger partial charge < -0.3 is 5.32 Å². The lowest BCUT2D eigenvalue weighted by atomic mass is 10.2. The van der Waals surface area contributed by atoms with Crippen molar-refractivity contribution in [2.24, 2.45) is 0 Å². The van der Waals surface area contributed by atoms with E-state index in [9.17, 15) is 21.6 Å². The highest BCUT2D eigenvalue weighted by molar-refractivity contribution is 7.91. The van der Waals surface area contributed by atoms with E-state index >= 15 is 0 Å².